The third-order valence-electron chi connectivity index (χ3n) is 3.08. The van der Waals surface area contributed by atoms with Crippen molar-refractivity contribution in [1.29, 1.82) is 0 Å². The first-order valence-corrected chi connectivity index (χ1v) is 8.22. The molecule has 0 spiro atoms. The van der Waals surface area contributed by atoms with Gasteiger partial charge in [0.2, 0.25) is 5.89 Å². The average Bonchev–Trinajstić information content (AvgIpc) is 3.18. The Kier molecular flexibility index (Phi) is 4.90. The number of hydrogen-bond donors (Lipinski definition) is 1. The van der Waals surface area contributed by atoms with E-state index in [-0.39, 0.29) is 0 Å². The van der Waals surface area contributed by atoms with Crippen molar-refractivity contribution in [3.63, 3.8) is 0 Å². The number of nitrogens with zero attached hydrogens (tertiary/aromatic N) is 4. The summed E-state index contributed by atoms with van der Waals surface area (Å²) in [7, 11) is 3.75. The maximum absolute atomic E-state index is 5.90. The lowest BCUT2D eigenvalue weighted by atomic mass is 10.2. The van der Waals surface area contributed by atoms with Crippen molar-refractivity contribution < 1.29 is 4.52 Å². The maximum atomic E-state index is 5.90. The molecule has 0 unspecified atom stereocenters. The van der Waals surface area contributed by atoms with Gasteiger partial charge < -0.3 is 14.7 Å². The maximum Gasteiger partial charge on any atom is 0.265 e. The molecule has 0 atom stereocenters. The zero-order valence-corrected chi connectivity index (χ0v) is 14.4. The zero-order valence-electron chi connectivity index (χ0n) is 12.8. The van der Waals surface area contributed by atoms with Gasteiger partial charge in [0, 0.05) is 42.3 Å². The molecule has 8 heteroatoms. The molecule has 2 heterocycles. The SMILES string of the molecule is CN(C)c1noc(CNCc2cnc(-c3ccc(Cl)cc3)s2)n1. The summed E-state index contributed by atoms with van der Waals surface area (Å²) in [5, 5.41) is 8.85. The molecule has 6 nitrogen and oxygen atoms in total. The zero-order chi connectivity index (χ0) is 16.2. The van der Waals surface area contributed by atoms with Gasteiger partial charge in [-0.25, -0.2) is 4.98 Å². The Labute approximate surface area is 143 Å². The fourth-order valence-electron chi connectivity index (χ4n) is 1.91. The number of anilines is 1. The standard InChI is InChI=1S/C15H16ClN5OS/c1-21(2)15-19-13(22-20-15)9-17-7-12-8-18-14(23-12)10-3-5-11(16)6-4-10/h3-6,8,17H,7,9H2,1-2H3. The molecular formula is C15H16ClN5OS. The van der Waals surface area contributed by atoms with Gasteiger partial charge in [-0.1, -0.05) is 23.7 Å². The summed E-state index contributed by atoms with van der Waals surface area (Å²) in [5.41, 5.74) is 1.07. The highest BCUT2D eigenvalue weighted by Gasteiger charge is 2.08. The highest BCUT2D eigenvalue weighted by molar-refractivity contribution is 7.15. The predicted octanol–water partition coefficient (Wildman–Crippen LogP) is 3.20. The molecule has 0 fully saturated rings. The molecule has 3 rings (SSSR count). The Morgan fingerprint density at radius 3 is 2.70 bits per heavy atom. The Bertz CT molecular complexity index is 768. The Hall–Kier alpha value is -1.96. The van der Waals surface area contributed by atoms with Crippen molar-refractivity contribution in [2.24, 2.45) is 0 Å². The van der Waals surface area contributed by atoms with Crippen LogP contribution in [0.25, 0.3) is 10.6 Å². The molecule has 0 saturated carbocycles. The van der Waals surface area contributed by atoms with Crippen molar-refractivity contribution in [3.05, 3.63) is 46.3 Å². The van der Waals surface area contributed by atoms with Crippen LogP contribution in [0.15, 0.2) is 35.0 Å². The monoisotopic (exact) mass is 349 g/mol. The van der Waals surface area contributed by atoms with E-state index < -0.39 is 0 Å². The molecule has 23 heavy (non-hydrogen) atoms. The molecule has 1 aromatic carbocycles. The van der Waals surface area contributed by atoms with Crippen molar-refractivity contribution >= 4 is 28.9 Å². The second kappa shape index (κ2) is 7.08. The lowest BCUT2D eigenvalue weighted by molar-refractivity contribution is 0.367. The molecule has 120 valence electrons. The summed E-state index contributed by atoms with van der Waals surface area (Å²) in [6, 6.07) is 7.68. The quantitative estimate of drug-likeness (QED) is 0.737. The van der Waals surface area contributed by atoms with Gasteiger partial charge in [-0.15, -0.1) is 11.3 Å². The Morgan fingerprint density at radius 2 is 2.00 bits per heavy atom. The normalized spacial score (nSPS) is 10.9. The van der Waals surface area contributed by atoms with Gasteiger partial charge in [0.05, 0.1) is 6.54 Å². The third-order valence-corrected chi connectivity index (χ3v) is 4.38. The molecule has 0 aliphatic carbocycles. The lowest BCUT2D eigenvalue weighted by Gasteiger charge is -2.02. The summed E-state index contributed by atoms with van der Waals surface area (Å²) >= 11 is 7.55. The van der Waals surface area contributed by atoms with Crippen LogP contribution in [0.1, 0.15) is 10.8 Å². The molecule has 0 aliphatic rings. The Balaban J connectivity index is 1.55. The van der Waals surface area contributed by atoms with Crippen molar-refractivity contribution in [1.82, 2.24) is 20.4 Å². The fraction of sp³-hybridized carbons (Fsp3) is 0.267. The van der Waals surface area contributed by atoms with Gasteiger partial charge in [0.1, 0.15) is 5.01 Å². The largest absolute Gasteiger partial charge is 0.344 e. The van der Waals surface area contributed by atoms with E-state index in [0.717, 1.165) is 20.5 Å². The molecular weight excluding hydrogens is 334 g/mol. The van der Waals surface area contributed by atoms with Crippen LogP contribution in [0, 0.1) is 0 Å². The van der Waals surface area contributed by atoms with E-state index in [2.05, 4.69) is 20.4 Å². The molecule has 0 amide bonds. The highest BCUT2D eigenvalue weighted by Crippen LogP contribution is 2.26. The minimum absolute atomic E-state index is 0.523. The van der Waals surface area contributed by atoms with E-state index in [1.54, 1.807) is 16.2 Å². The minimum Gasteiger partial charge on any atom is -0.344 e. The molecule has 0 bridgehead atoms. The number of hydrogen-bond acceptors (Lipinski definition) is 7. The van der Waals surface area contributed by atoms with Crippen LogP contribution >= 0.6 is 22.9 Å². The average molecular weight is 350 g/mol. The topological polar surface area (TPSA) is 67.1 Å². The summed E-state index contributed by atoms with van der Waals surface area (Å²) < 4.78 is 5.16. The summed E-state index contributed by atoms with van der Waals surface area (Å²) in [6.07, 6.45) is 1.88. The summed E-state index contributed by atoms with van der Waals surface area (Å²) in [4.78, 5) is 11.7. The van der Waals surface area contributed by atoms with Gasteiger partial charge in [-0.05, 0) is 17.3 Å². The molecule has 0 saturated heterocycles. The van der Waals surface area contributed by atoms with E-state index in [1.165, 1.54) is 0 Å². The van der Waals surface area contributed by atoms with Gasteiger partial charge in [-0.3, -0.25) is 0 Å². The lowest BCUT2D eigenvalue weighted by Crippen LogP contribution is -2.13. The number of rotatable bonds is 6. The number of nitrogens with one attached hydrogen (secondary N) is 1. The fourth-order valence-corrected chi connectivity index (χ4v) is 2.92. The second-order valence-electron chi connectivity index (χ2n) is 5.12. The van der Waals surface area contributed by atoms with Crippen molar-refractivity contribution in [2.45, 2.75) is 13.1 Å². The van der Waals surface area contributed by atoms with Gasteiger partial charge in [-0.2, -0.15) is 4.98 Å². The second-order valence-corrected chi connectivity index (χ2v) is 6.68. The number of thiazole rings is 1. The first-order chi connectivity index (χ1) is 11.1. The van der Waals surface area contributed by atoms with Gasteiger partial charge in [0.15, 0.2) is 0 Å². The van der Waals surface area contributed by atoms with E-state index in [9.17, 15) is 0 Å². The smallest absolute Gasteiger partial charge is 0.265 e. The van der Waals surface area contributed by atoms with Crippen LogP contribution in [-0.4, -0.2) is 29.2 Å². The van der Waals surface area contributed by atoms with E-state index in [1.807, 2.05) is 44.6 Å². The molecule has 0 radical (unpaired) electrons. The van der Waals surface area contributed by atoms with Crippen LogP contribution in [0.4, 0.5) is 5.95 Å². The molecule has 2 aromatic heterocycles. The summed E-state index contributed by atoms with van der Waals surface area (Å²) in [5.74, 6) is 1.14. The third kappa shape index (κ3) is 4.07. The van der Waals surface area contributed by atoms with E-state index in [0.29, 0.717) is 24.9 Å². The van der Waals surface area contributed by atoms with Crippen LogP contribution in [0.5, 0.6) is 0 Å². The van der Waals surface area contributed by atoms with Crippen LogP contribution in [-0.2, 0) is 13.1 Å². The van der Waals surface area contributed by atoms with Crippen LogP contribution in [0.2, 0.25) is 5.02 Å². The summed E-state index contributed by atoms with van der Waals surface area (Å²) in [6.45, 7) is 1.22. The predicted molar refractivity (Wildman–Crippen MR) is 91.7 cm³/mol. The van der Waals surface area contributed by atoms with Gasteiger partial charge >= 0.3 is 0 Å². The minimum atomic E-state index is 0.523. The van der Waals surface area contributed by atoms with E-state index >= 15 is 0 Å². The van der Waals surface area contributed by atoms with Crippen molar-refractivity contribution in [2.75, 3.05) is 19.0 Å². The van der Waals surface area contributed by atoms with E-state index in [4.69, 9.17) is 16.1 Å². The molecule has 1 N–H and O–H groups in total. The number of halogens is 1. The van der Waals surface area contributed by atoms with Crippen molar-refractivity contribution in [3.8, 4) is 10.6 Å². The first kappa shape index (κ1) is 15.9. The number of benzene rings is 1. The Morgan fingerprint density at radius 1 is 1.22 bits per heavy atom. The van der Waals surface area contributed by atoms with Crippen LogP contribution < -0.4 is 10.2 Å². The van der Waals surface area contributed by atoms with Crippen LogP contribution in [0.3, 0.4) is 0 Å². The highest BCUT2D eigenvalue weighted by atomic mass is 35.5. The molecule has 0 aliphatic heterocycles. The number of aromatic nitrogens is 3. The molecule has 3 aromatic rings. The first-order valence-electron chi connectivity index (χ1n) is 7.03. The van der Waals surface area contributed by atoms with Gasteiger partial charge in [0.25, 0.3) is 5.95 Å².